The van der Waals surface area contributed by atoms with E-state index in [0.717, 1.165) is 0 Å². The summed E-state index contributed by atoms with van der Waals surface area (Å²) in [7, 11) is 0. The molecule has 0 unspecified atom stereocenters. The SMILES string of the molecule is O=C(O)CCC(=O)Nc1ccc(Oc2ccc3c(c2)OCO3)cc1. The van der Waals surface area contributed by atoms with Crippen molar-refractivity contribution in [3.63, 3.8) is 0 Å². The first-order chi connectivity index (χ1) is 11.6. The van der Waals surface area contributed by atoms with Crippen LogP contribution in [0.25, 0.3) is 0 Å². The Balaban J connectivity index is 1.58. The third-order valence-corrected chi connectivity index (χ3v) is 3.28. The summed E-state index contributed by atoms with van der Waals surface area (Å²) >= 11 is 0. The van der Waals surface area contributed by atoms with E-state index in [1.54, 1.807) is 42.5 Å². The molecular formula is C17H15NO6. The van der Waals surface area contributed by atoms with Crippen LogP contribution in [0.1, 0.15) is 12.8 Å². The van der Waals surface area contributed by atoms with Gasteiger partial charge < -0.3 is 24.6 Å². The van der Waals surface area contributed by atoms with Gasteiger partial charge in [0.15, 0.2) is 11.5 Å². The van der Waals surface area contributed by atoms with Crippen molar-refractivity contribution in [1.82, 2.24) is 0 Å². The van der Waals surface area contributed by atoms with Crippen molar-refractivity contribution >= 4 is 17.6 Å². The van der Waals surface area contributed by atoms with Crippen molar-refractivity contribution in [3.8, 4) is 23.0 Å². The highest BCUT2D eigenvalue weighted by Gasteiger charge is 2.14. The Kier molecular flexibility index (Phi) is 4.51. The molecule has 2 aromatic rings. The first kappa shape index (κ1) is 15.7. The molecule has 124 valence electrons. The fraction of sp³-hybridized carbons (Fsp3) is 0.176. The standard InChI is InChI=1S/C17H15NO6/c19-16(7-8-17(20)21)18-11-1-3-12(4-2-11)24-13-5-6-14-15(9-13)23-10-22-14/h1-6,9H,7-8,10H2,(H,18,19)(H,20,21). The van der Waals surface area contributed by atoms with Crippen LogP contribution < -0.4 is 19.5 Å². The van der Waals surface area contributed by atoms with Gasteiger partial charge >= 0.3 is 5.97 Å². The molecule has 2 aromatic carbocycles. The van der Waals surface area contributed by atoms with E-state index in [-0.39, 0.29) is 25.5 Å². The molecule has 0 aliphatic carbocycles. The molecule has 0 saturated carbocycles. The normalized spacial score (nSPS) is 11.8. The Labute approximate surface area is 137 Å². The van der Waals surface area contributed by atoms with Gasteiger partial charge in [0.05, 0.1) is 6.42 Å². The summed E-state index contributed by atoms with van der Waals surface area (Å²) < 4.78 is 16.2. The topological polar surface area (TPSA) is 94.1 Å². The maximum atomic E-state index is 11.6. The van der Waals surface area contributed by atoms with E-state index in [9.17, 15) is 9.59 Å². The molecule has 0 saturated heterocycles. The van der Waals surface area contributed by atoms with Gasteiger partial charge in [-0.3, -0.25) is 9.59 Å². The molecule has 24 heavy (non-hydrogen) atoms. The molecule has 0 radical (unpaired) electrons. The quantitative estimate of drug-likeness (QED) is 0.846. The Morgan fingerprint density at radius 2 is 1.71 bits per heavy atom. The Morgan fingerprint density at radius 3 is 2.46 bits per heavy atom. The van der Waals surface area contributed by atoms with Crippen molar-refractivity contribution in [2.45, 2.75) is 12.8 Å². The van der Waals surface area contributed by atoms with Crippen molar-refractivity contribution in [2.24, 2.45) is 0 Å². The summed E-state index contributed by atoms with van der Waals surface area (Å²) in [5, 5.41) is 11.2. The number of carbonyl (C=O) groups excluding carboxylic acids is 1. The Morgan fingerprint density at radius 1 is 1.00 bits per heavy atom. The lowest BCUT2D eigenvalue weighted by Gasteiger charge is -2.08. The molecule has 1 aliphatic heterocycles. The molecule has 3 rings (SSSR count). The van der Waals surface area contributed by atoms with Crippen molar-refractivity contribution in [3.05, 3.63) is 42.5 Å². The zero-order chi connectivity index (χ0) is 16.9. The Bertz CT molecular complexity index is 756. The van der Waals surface area contributed by atoms with Crippen LogP contribution in [-0.4, -0.2) is 23.8 Å². The van der Waals surface area contributed by atoms with Crippen molar-refractivity contribution in [1.29, 1.82) is 0 Å². The first-order valence-electron chi connectivity index (χ1n) is 7.29. The number of carbonyl (C=O) groups is 2. The molecule has 0 fully saturated rings. The van der Waals surface area contributed by atoms with Crippen LogP contribution >= 0.6 is 0 Å². The second kappa shape index (κ2) is 6.91. The number of aliphatic carboxylic acids is 1. The summed E-state index contributed by atoms with van der Waals surface area (Å²) in [6.07, 6.45) is -0.262. The van der Waals surface area contributed by atoms with E-state index >= 15 is 0 Å². The van der Waals surface area contributed by atoms with E-state index in [1.807, 2.05) is 0 Å². The molecule has 0 atom stereocenters. The molecule has 1 aliphatic rings. The second-order valence-corrected chi connectivity index (χ2v) is 5.08. The van der Waals surface area contributed by atoms with Crippen LogP contribution in [0.15, 0.2) is 42.5 Å². The lowest BCUT2D eigenvalue weighted by Crippen LogP contribution is -2.12. The van der Waals surface area contributed by atoms with Gasteiger partial charge in [0.2, 0.25) is 12.7 Å². The lowest BCUT2D eigenvalue weighted by molar-refractivity contribution is -0.138. The number of hydrogen-bond donors (Lipinski definition) is 2. The predicted molar refractivity (Wildman–Crippen MR) is 84.6 cm³/mol. The summed E-state index contributed by atoms with van der Waals surface area (Å²) in [5.74, 6) is 1.17. The van der Waals surface area contributed by atoms with Gasteiger partial charge in [-0.2, -0.15) is 0 Å². The summed E-state index contributed by atoms with van der Waals surface area (Å²) in [6.45, 7) is 0.203. The zero-order valence-corrected chi connectivity index (χ0v) is 12.7. The van der Waals surface area contributed by atoms with Crippen LogP contribution in [0.2, 0.25) is 0 Å². The minimum absolute atomic E-state index is 0.0647. The van der Waals surface area contributed by atoms with Gasteiger partial charge in [0.1, 0.15) is 11.5 Å². The highest BCUT2D eigenvalue weighted by Crippen LogP contribution is 2.36. The molecule has 0 bridgehead atoms. The number of anilines is 1. The number of nitrogens with one attached hydrogen (secondary N) is 1. The number of ether oxygens (including phenoxy) is 3. The molecule has 2 N–H and O–H groups in total. The van der Waals surface area contributed by atoms with Gasteiger partial charge in [0, 0.05) is 18.2 Å². The number of carboxylic acids is 1. The third kappa shape index (κ3) is 3.95. The average molecular weight is 329 g/mol. The summed E-state index contributed by atoms with van der Waals surface area (Å²) in [6, 6.07) is 12.1. The van der Waals surface area contributed by atoms with E-state index in [2.05, 4.69) is 5.32 Å². The van der Waals surface area contributed by atoms with Gasteiger partial charge in [-0.1, -0.05) is 0 Å². The predicted octanol–water partition coefficient (Wildman–Crippen LogP) is 3.01. The maximum Gasteiger partial charge on any atom is 0.303 e. The average Bonchev–Trinajstić information content (AvgIpc) is 3.02. The first-order valence-corrected chi connectivity index (χ1v) is 7.29. The van der Waals surface area contributed by atoms with Crippen LogP contribution in [0.3, 0.4) is 0 Å². The van der Waals surface area contributed by atoms with Crippen LogP contribution in [0.4, 0.5) is 5.69 Å². The van der Waals surface area contributed by atoms with Crippen LogP contribution in [0.5, 0.6) is 23.0 Å². The monoisotopic (exact) mass is 329 g/mol. The minimum Gasteiger partial charge on any atom is -0.481 e. The number of benzene rings is 2. The highest BCUT2D eigenvalue weighted by atomic mass is 16.7. The molecule has 0 spiro atoms. The molecular weight excluding hydrogens is 314 g/mol. The van der Waals surface area contributed by atoms with E-state index in [1.165, 1.54) is 0 Å². The largest absolute Gasteiger partial charge is 0.481 e. The fourth-order valence-electron chi connectivity index (χ4n) is 2.13. The van der Waals surface area contributed by atoms with Gasteiger partial charge in [0.25, 0.3) is 0 Å². The number of hydrogen-bond acceptors (Lipinski definition) is 5. The molecule has 7 heteroatoms. The maximum absolute atomic E-state index is 11.6. The molecule has 7 nitrogen and oxygen atoms in total. The van der Waals surface area contributed by atoms with Gasteiger partial charge in [-0.15, -0.1) is 0 Å². The van der Waals surface area contributed by atoms with E-state index in [0.29, 0.717) is 28.7 Å². The minimum atomic E-state index is -1.00. The van der Waals surface area contributed by atoms with E-state index in [4.69, 9.17) is 19.3 Å². The zero-order valence-electron chi connectivity index (χ0n) is 12.7. The van der Waals surface area contributed by atoms with Crippen LogP contribution in [-0.2, 0) is 9.59 Å². The number of rotatable bonds is 6. The third-order valence-electron chi connectivity index (χ3n) is 3.28. The number of fused-ring (bicyclic) bond motifs is 1. The smallest absolute Gasteiger partial charge is 0.303 e. The summed E-state index contributed by atoms with van der Waals surface area (Å²) in [5.41, 5.74) is 0.573. The van der Waals surface area contributed by atoms with Gasteiger partial charge in [-0.05, 0) is 36.4 Å². The second-order valence-electron chi connectivity index (χ2n) is 5.08. The molecule has 0 aromatic heterocycles. The van der Waals surface area contributed by atoms with E-state index < -0.39 is 5.97 Å². The number of amides is 1. The Hall–Kier alpha value is -3.22. The van der Waals surface area contributed by atoms with Crippen molar-refractivity contribution in [2.75, 3.05) is 12.1 Å². The molecule has 1 heterocycles. The lowest BCUT2D eigenvalue weighted by atomic mass is 10.2. The fourth-order valence-corrected chi connectivity index (χ4v) is 2.13. The summed E-state index contributed by atoms with van der Waals surface area (Å²) in [4.78, 5) is 22.0. The van der Waals surface area contributed by atoms with Gasteiger partial charge in [-0.25, -0.2) is 0 Å². The van der Waals surface area contributed by atoms with Crippen molar-refractivity contribution < 1.29 is 28.9 Å². The highest BCUT2D eigenvalue weighted by molar-refractivity contribution is 5.92. The van der Waals surface area contributed by atoms with Crippen LogP contribution in [0, 0.1) is 0 Å². The number of carboxylic acid groups (broad SMARTS) is 1. The molecule has 1 amide bonds.